The van der Waals surface area contributed by atoms with Crippen molar-refractivity contribution in [2.75, 3.05) is 37.1 Å². The minimum absolute atomic E-state index is 0.141. The monoisotopic (exact) mass is 2080 g/mol. The first-order valence-corrected chi connectivity index (χ1v) is 58.8. The second-order valence-corrected chi connectivity index (χ2v) is 56.5. The summed E-state index contributed by atoms with van der Waals surface area (Å²) < 4.78 is 0.856. The molecule has 7 amide bonds. The molecule has 0 bridgehead atoms. The van der Waals surface area contributed by atoms with Crippen molar-refractivity contribution >= 4 is 228 Å². The van der Waals surface area contributed by atoms with E-state index in [1.807, 2.05) is 85.3 Å². The minimum atomic E-state index is -1.06. The molecule has 0 radical (unpaired) electrons. The van der Waals surface area contributed by atoms with Gasteiger partial charge >= 0.3 is 31.6 Å². The van der Waals surface area contributed by atoms with Crippen molar-refractivity contribution in [2.45, 2.75) is 279 Å². The molecule has 21 rings (SSSR count). The highest BCUT2D eigenvalue weighted by atomic mass is 32.9. The van der Waals surface area contributed by atoms with Gasteiger partial charge in [0, 0.05) is 112 Å². The molecule has 19 nitrogen and oxygen atoms in total. The summed E-state index contributed by atoms with van der Waals surface area (Å²) in [5, 5.41) is 6.35. The third kappa shape index (κ3) is 14.1. The number of allylic oxidation sites excluding steroid dienone is 12. The second kappa shape index (κ2) is 34.5. The summed E-state index contributed by atoms with van der Waals surface area (Å²) in [6.45, 7) is 73.5. The molecule has 2 aliphatic carbocycles. The van der Waals surface area contributed by atoms with E-state index < -0.39 is 50.4 Å². The number of carbonyl (C=O) groups excluding carboxylic acids is 5. The van der Waals surface area contributed by atoms with Gasteiger partial charge in [-0.2, -0.15) is 9.35 Å². The first-order valence-electron chi connectivity index (χ1n) is 47.1. The number of amides is 7. The van der Waals surface area contributed by atoms with Crippen LogP contribution >= 0.6 is 147 Å². The molecule has 7 atom stereocenters. The number of hydrogen-bond acceptors (Lipinski definition) is 24. The normalized spacial score (nSPS) is 26.1. The number of nitrogens with one attached hydrogen (secondary N) is 1. The van der Waals surface area contributed by atoms with Crippen LogP contribution in [0.3, 0.4) is 0 Å². The number of hydrogen-bond donors (Lipinski definition) is 1. The van der Waals surface area contributed by atoms with Crippen LogP contribution in [-0.2, 0) is 46.9 Å². The summed E-state index contributed by atoms with van der Waals surface area (Å²) in [6, 6.07) is 6.42. The summed E-state index contributed by atoms with van der Waals surface area (Å²) >= 11 is 16.9. The molecule has 3 spiro atoms. The van der Waals surface area contributed by atoms with Crippen molar-refractivity contribution in [3.05, 3.63) is 255 Å². The minimum Gasteiger partial charge on any atom is -0.376 e. The number of rotatable bonds is 12. The standard InChI is InChI=1S/C36H41N3O3S3.C35H37N3O3S5.C34H40N4O3S5/c1-11-35(10)32-27(36(20(8)21(9)43-32)44-30(16(2)3)31(45-36)17(4)5)23-15-22-14-18(6)19(7)26(22)28-29(23)39(35)34(42)33(37-28)38-24(40)12-13-25(38)41;1-11-34(10)30-26(35(20(8)21(9)42-30)43-28(16(2)3)29(44-35)17(4)5)23-14-22-13-18(6)12-19(7)25(22)24-15-36(31(39)37(34)27(23)24)38-32(40)45-46-33(38)41;1-11-33(9)29-25(34(19(7)20(8)42-29)43-27(16(2)3)28(44-34)17(4)5)22-12-21-14-35(10)13-18(6)24(21)23-15-36(30(39)37(33)26(22)23)38-31(40)45-46-32(38)41/h15,18-19,33,37H,2,4,11-14H2,1,3,5-10H3;12,14,18H,2,4,11,13,15H2,1,3,5-10H3;12-13,16-17H,11,14-15H2,1-10H3. The van der Waals surface area contributed by atoms with Gasteiger partial charge in [-0.1, -0.05) is 184 Å². The Hall–Kier alpha value is -7.18. The Morgan fingerprint density at radius 2 is 0.839 bits per heavy atom. The van der Waals surface area contributed by atoms with Gasteiger partial charge in [0.05, 0.1) is 52.5 Å². The van der Waals surface area contributed by atoms with E-state index in [2.05, 4.69) is 247 Å². The predicted octanol–water partition coefficient (Wildman–Crippen LogP) is 27.0. The maximum atomic E-state index is 14.9. The van der Waals surface area contributed by atoms with E-state index in [9.17, 15) is 43.2 Å². The Morgan fingerprint density at radius 3 is 1.23 bits per heavy atom. The molecule has 720 valence electrons. The molecule has 16 aliphatic rings. The summed E-state index contributed by atoms with van der Waals surface area (Å²) in [4.78, 5) is 145. The van der Waals surface area contributed by atoms with Crippen LogP contribution in [-0.4, -0.2) is 91.0 Å². The maximum absolute atomic E-state index is 14.9. The van der Waals surface area contributed by atoms with Crippen molar-refractivity contribution in [1.82, 2.24) is 19.2 Å². The molecule has 32 heteroatoms. The maximum Gasteiger partial charge on any atom is 0.345 e. The fourth-order valence-corrected chi connectivity index (χ4v) is 42.5. The van der Waals surface area contributed by atoms with Gasteiger partial charge in [0.15, 0.2) is 6.17 Å². The van der Waals surface area contributed by atoms with Crippen LogP contribution < -0.4 is 49.5 Å². The number of thioether (sulfide) groups is 9. The van der Waals surface area contributed by atoms with E-state index in [1.54, 1.807) is 35.3 Å². The fourth-order valence-electron chi connectivity index (χ4n) is 23.1. The highest BCUT2D eigenvalue weighted by molar-refractivity contribution is 8.27. The Labute approximate surface area is 856 Å². The molecule has 1 saturated heterocycles. The highest BCUT2D eigenvalue weighted by Crippen LogP contribution is 2.78. The van der Waals surface area contributed by atoms with E-state index >= 15 is 0 Å². The molecule has 2 aromatic heterocycles. The SMILES string of the molecule is C=C(C)C1=C(C(=C)C)SC2(S1)C(C)=C(C)SC1=C2c2cc3c(c4c2N(C(=O)C(N2C(=O)CCC2=O)N4)C1(C)CC)C(C)C(C)C3.C=C(C)C1=C(C(=C)C)SC2(S1)C(C)=C(C)SC1=C2c2cc3c(c4c2N(C(=O)N(n2c(=O)ssc2=O)C4)C1(C)CC)C(C)=CC(C)C3.CCC1(C)C2=C(c3cc4c(c5c3N1C(=O)N(n1c(=O)ssc1=O)C5)C(C)=CN(C)C4)C1(SC(C(C)C)=C(C(C)C)S1)C(C)=C(C)S2. The van der Waals surface area contributed by atoms with E-state index in [1.165, 1.54) is 130 Å². The van der Waals surface area contributed by atoms with E-state index in [4.69, 9.17) is 0 Å². The largest absolute Gasteiger partial charge is 0.376 e. The van der Waals surface area contributed by atoms with Crippen molar-refractivity contribution in [3.8, 4) is 0 Å². The van der Waals surface area contributed by atoms with Crippen LogP contribution in [0.25, 0.3) is 27.9 Å². The van der Waals surface area contributed by atoms with Crippen LogP contribution in [0, 0.1) is 23.7 Å². The Kier molecular flexibility index (Phi) is 24.9. The first-order chi connectivity index (χ1) is 64.5. The molecule has 5 aromatic rings. The zero-order chi connectivity index (χ0) is 98.9. The number of carbonyl (C=O) groups is 5. The smallest absolute Gasteiger partial charge is 0.345 e. The van der Waals surface area contributed by atoms with Gasteiger partial charge in [-0.15, -0.1) is 23.5 Å². The zero-order valence-electron chi connectivity index (χ0n) is 82.8. The molecular weight excluding hydrogens is 1960 g/mol. The molecule has 0 saturated carbocycles. The van der Waals surface area contributed by atoms with Crippen molar-refractivity contribution in [3.63, 3.8) is 0 Å². The lowest BCUT2D eigenvalue weighted by molar-refractivity contribution is -0.145. The number of likely N-dealkylation sites (tertiary alicyclic amines) is 1. The number of imide groups is 1. The Morgan fingerprint density at radius 1 is 0.474 bits per heavy atom. The number of benzene rings is 3. The van der Waals surface area contributed by atoms with Crippen LogP contribution in [0.5, 0.6) is 0 Å². The van der Waals surface area contributed by atoms with Crippen molar-refractivity contribution in [2.24, 2.45) is 23.7 Å². The highest BCUT2D eigenvalue weighted by Gasteiger charge is 2.65. The topological polar surface area (TPSA) is 198 Å². The molecular formula is C105H118N10O9S13. The lowest BCUT2D eigenvalue weighted by Gasteiger charge is -2.55. The molecule has 1 N–H and O–H groups in total. The van der Waals surface area contributed by atoms with E-state index in [-0.39, 0.29) is 65.7 Å². The number of nitrogens with zero attached hydrogens (tertiary/aromatic N) is 9. The quantitative estimate of drug-likeness (QED) is 0.0913. The van der Waals surface area contributed by atoms with E-state index in [0.717, 1.165) is 165 Å². The predicted molar refractivity (Wildman–Crippen MR) is 592 cm³/mol. The van der Waals surface area contributed by atoms with Crippen LogP contribution in [0.4, 0.5) is 32.3 Å². The average Bonchev–Trinajstić information content (AvgIpc) is 1.67. The van der Waals surface area contributed by atoms with Gasteiger partial charge in [-0.05, 0) is 333 Å². The summed E-state index contributed by atoms with van der Waals surface area (Å²) in [6.07, 6.45) is 7.50. The van der Waals surface area contributed by atoms with Gasteiger partial charge in [-0.25, -0.2) is 19.6 Å². The van der Waals surface area contributed by atoms with Crippen molar-refractivity contribution < 1.29 is 24.0 Å². The van der Waals surface area contributed by atoms with Crippen LogP contribution in [0.15, 0.2) is 174 Å². The molecule has 1 fully saturated rings. The van der Waals surface area contributed by atoms with Gasteiger partial charge in [0.1, 0.15) is 12.2 Å². The number of aromatic nitrogens is 2. The average molecular weight is 2080 g/mol. The number of fused-ring (bicyclic) bond motifs is 12. The molecule has 16 heterocycles. The molecule has 7 unspecified atom stereocenters. The second-order valence-electron chi connectivity index (χ2n) is 40.6. The number of anilines is 4. The molecule has 14 aliphatic heterocycles. The third-order valence-electron chi connectivity index (χ3n) is 30.7. The van der Waals surface area contributed by atoms with Gasteiger partial charge in [-0.3, -0.25) is 53.2 Å². The van der Waals surface area contributed by atoms with Gasteiger partial charge in [0.2, 0.25) is 11.8 Å². The summed E-state index contributed by atoms with van der Waals surface area (Å²) in [5.74, 6) is 1.04. The molecule has 3 aromatic carbocycles. The number of urea groups is 2. The lowest BCUT2D eigenvalue weighted by Crippen LogP contribution is -2.65. The van der Waals surface area contributed by atoms with Crippen LogP contribution in [0.2, 0.25) is 0 Å². The van der Waals surface area contributed by atoms with E-state index in [0.29, 0.717) is 42.9 Å². The van der Waals surface area contributed by atoms with Gasteiger partial charge in [0.25, 0.3) is 5.91 Å². The lowest BCUT2D eigenvalue weighted by atomic mass is 9.75. The van der Waals surface area contributed by atoms with Crippen LogP contribution in [0.1, 0.15) is 272 Å². The van der Waals surface area contributed by atoms with Gasteiger partial charge < -0.3 is 10.2 Å². The third-order valence-corrected chi connectivity index (χ3v) is 50.3. The molecule has 137 heavy (non-hydrogen) atoms. The first kappa shape index (κ1) is 98.6. The summed E-state index contributed by atoms with van der Waals surface area (Å²) in [7, 11) is 5.61. The van der Waals surface area contributed by atoms with Crippen molar-refractivity contribution in [1.29, 1.82) is 0 Å². The Bertz CT molecular complexity index is 7010. The summed E-state index contributed by atoms with van der Waals surface area (Å²) in [5.41, 5.74) is 28.2. The Balaban J connectivity index is 0.000000132. The zero-order valence-corrected chi connectivity index (χ0v) is 93.4. The fraction of sp³-hybridized carbons (Fsp3) is 0.457.